The van der Waals surface area contributed by atoms with Crippen molar-refractivity contribution >= 4 is 0 Å². The van der Waals surface area contributed by atoms with Gasteiger partial charge in [0.1, 0.15) is 0 Å². The monoisotopic (exact) mass is 228 g/mol. The molecule has 0 aromatic heterocycles. The molecule has 0 aromatic rings. The third-order valence-electron chi connectivity index (χ3n) is 3.93. The maximum absolute atomic E-state index is 9.16. The van der Waals surface area contributed by atoms with Crippen molar-refractivity contribution in [3.05, 3.63) is 0 Å². The lowest BCUT2D eigenvalue weighted by Gasteiger charge is -2.37. The Labute approximate surface area is 100 Å². The van der Waals surface area contributed by atoms with Crippen LogP contribution < -0.4 is 0 Å². The van der Waals surface area contributed by atoms with E-state index in [0.717, 1.165) is 19.5 Å². The van der Waals surface area contributed by atoms with E-state index in [1.54, 1.807) is 0 Å². The number of hydrogen-bond donors (Lipinski definition) is 1. The number of aliphatic hydroxyl groups excluding tert-OH is 1. The first-order chi connectivity index (χ1) is 7.36. The molecule has 1 N–H and O–H groups in total. The van der Waals surface area contributed by atoms with Crippen LogP contribution in [-0.4, -0.2) is 59.3 Å². The largest absolute Gasteiger partial charge is 0.396 e. The SMILES string of the molecule is CC1CCN(C(C)(C)C)CC(CCO)N1C. The van der Waals surface area contributed by atoms with E-state index in [9.17, 15) is 0 Å². The molecule has 0 aromatic carbocycles. The molecule has 1 aliphatic rings. The van der Waals surface area contributed by atoms with E-state index in [-0.39, 0.29) is 5.54 Å². The van der Waals surface area contributed by atoms with Gasteiger partial charge >= 0.3 is 0 Å². The van der Waals surface area contributed by atoms with Crippen molar-refractivity contribution < 1.29 is 5.11 Å². The van der Waals surface area contributed by atoms with Gasteiger partial charge in [0.05, 0.1) is 0 Å². The Morgan fingerprint density at radius 3 is 2.44 bits per heavy atom. The number of likely N-dealkylation sites (N-methyl/N-ethyl adjacent to an activating group) is 1. The van der Waals surface area contributed by atoms with Crippen LogP contribution in [0.5, 0.6) is 0 Å². The van der Waals surface area contributed by atoms with Crippen molar-refractivity contribution in [1.29, 1.82) is 0 Å². The summed E-state index contributed by atoms with van der Waals surface area (Å²) in [6.45, 7) is 11.6. The molecule has 0 bridgehead atoms. The second-order valence-electron chi connectivity index (χ2n) is 6.09. The van der Waals surface area contributed by atoms with Gasteiger partial charge in [0.15, 0.2) is 0 Å². The van der Waals surface area contributed by atoms with E-state index in [1.807, 2.05) is 0 Å². The van der Waals surface area contributed by atoms with Crippen LogP contribution in [0.1, 0.15) is 40.5 Å². The van der Waals surface area contributed by atoms with Crippen molar-refractivity contribution in [2.75, 3.05) is 26.7 Å². The molecule has 2 atom stereocenters. The molecule has 96 valence electrons. The molecule has 0 saturated carbocycles. The van der Waals surface area contributed by atoms with E-state index in [4.69, 9.17) is 5.11 Å². The molecule has 1 heterocycles. The first-order valence-electron chi connectivity index (χ1n) is 6.44. The number of aliphatic hydroxyl groups is 1. The molecule has 0 amide bonds. The van der Waals surface area contributed by atoms with Crippen molar-refractivity contribution in [1.82, 2.24) is 9.80 Å². The zero-order valence-corrected chi connectivity index (χ0v) is 11.5. The van der Waals surface area contributed by atoms with E-state index >= 15 is 0 Å². The summed E-state index contributed by atoms with van der Waals surface area (Å²) in [7, 11) is 2.19. The van der Waals surface area contributed by atoms with Gasteiger partial charge in [-0.1, -0.05) is 0 Å². The quantitative estimate of drug-likeness (QED) is 0.777. The summed E-state index contributed by atoms with van der Waals surface area (Å²) in [5.41, 5.74) is 0.235. The molecule has 1 fully saturated rings. The van der Waals surface area contributed by atoms with Gasteiger partial charge < -0.3 is 5.11 Å². The van der Waals surface area contributed by atoms with Crippen molar-refractivity contribution in [2.45, 2.75) is 58.2 Å². The minimum absolute atomic E-state index is 0.235. The Morgan fingerprint density at radius 1 is 1.31 bits per heavy atom. The standard InChI is InChI=1S/C13H28N2O/c1-11-6-8-15(13(2,3)4)10-12(7-9-16)14(11)5/h11-12,16H,6-10H2,1-5H3. The van der Waals surface area contributed by atoms with Crippen LogP contribution in [0.25, 0.3) is 0 Å². The van der Waals surface area contributed by atoms with Crippen LogP contribution >= 0.6 is 0 Å². The molecule has 1 aliphatic heterocycles. The fraction of sp³-hybridized carbons (Fsp3) is 1.00. The lowest BCUT2D eigenvalue weighted by atomic mass is 10.0. The zero-order chi connectivity index (χ0) is 12.3. The maximum atomic E-state index is 9.16. The average Bonchev–Trinajstić information content (AvgIpc) is 2.31. The number of hydrogen-bond acceptors (Lipinski definition) is 3. The zero-order valence-electron chi connectivity index (χ0n) is 11.5. The predicted octanol–water partition coefficient (Wildman–Crippen LogP) is 1.56. The van der Waals surface area contributed by atoms with E-state index in [1.165, 1.54) is 6.42 Å². The smallest absolute Gasteiger partial charge is 0.0446 e. The van der Waals surface area contributed by atoms with Crippen molar-refractivity contribution in [3.63, 3.8) is 0 Å². The fourth-order valence-corrected chi connectivity index (χ4v) is 2.43. The highest BCUT2D eigenvalue weighted by molar-refractivity contribution is 4.87. The highest BCUT2D eigenvalue weighted by atomic mass is 16.3. The second kappa shape index (κ2) is 5.48. The molecule has 16 heavy (non-hydrogen) atoms. The highest BCUT2D eigenvalue weighted by Crippen LogP contribution is 2.22. The molecular weight excluding hydrogens is 200 g/mol. The molecule has 0 aliphatic carbocycles. The average molecular weight is 228 g/mol. The van der Waals surface area contributed by atoms with Crippen LogP contribution in [0.2, 0.25) is 0 Å². The molecule has 0 spiro atoms. The lowest BCUT2D eigenvalue weighted by Crippen LogP contribution is -2.47. The first-order valence-corrected chi connectivity index (χ1v) is 6.44. The van der Waals surface area contributed by atoms with E-state index in [2.05, 4.69) is 44.5 Å². The van der Waals surface area contributed by atoms with E-state index in [0.29, 0.717) is 18.7 Å². The normalized spacial score (nSPS) is 30.4. The minimum Gasteiger partial charge on any atom is -0.396 e. The van der Waals surface area contributed by atoms with Gasteiger partial charge in [0, 0.05) is 37.3 Å². The molecule has 1 rings (SSSR count). The van der Waals surface area contributed by atoms with Gasteiger partial charge in [-0.2, -0.15) is 0 Å². The molecular formula is C13H28N2O. The summed E-state index contributed by atoms with van der Waals surface area (Å²) in [4.78, 5) is 4.98. The van der Waals surface area contributed by atoms with Crippen molar-refractivity contribution in [3.8, 4) is 0 Å². The number of rotatable bonds is 2. The molecule has 0 radical (unpaired) electrons. The van der Waals surface area contributed by atoms with Crippen LogP contribution in [0.3, 0.4) is 0 Å². The number of nitrogens with zero attached hydrogens (tertiary/aromatic N) is 2. The summed E-state index contributed by atoms with van der Waals surface area (Å²) in [5, 5.41) is 9.16. The fourth-order valence-electron chi connectivity index (χ4n) is 2.43. The van der Waals surface area contributed by atoms with Crippen LogP contribution in [0.4, 0.5) is 0 Å². The van der Waals surface area contributed by atoms with Crippen LogP contribution in [-0.2, 0) is 0 Å². The molecule has 3 nitrogen and oxygen atoms in total. The summed E-state index contributed by atoms with van der Waals surface area (Å²) < 4.78 is 0. The Bertz CT molecular complexity index is 212. The Morgan fingerprint density at radius 2 is 1.94 bits per heavy atom. The van der Waals surface area contributed by atoms with Gasteiger partial charge in [0.25, 0.3) is 0 Å². The Kier molecular flexibility index (Phi) is 4.77. The van der Waals surface area contributed by atoms with Crippen LogP contribution in [0.15, 0.2) is 0 Å². The predicted molar refractivity (Wildman–Crippen MR) is 68.7 cm³/mol. The topological polar surface area (TPSA) is 26.7 Å². The summed E-state index contributed by atoms with van der Waals surface area (Å²) in [6.07, 6.45) is 2.10. The molecule has 2 unspecified atom stereocenters. The van der Waals surface area contributed by atoms with Gasteiger partial charge in [-0.25, -0.2) is 0 Å². The molecule has 1 saturated heterocycles. The second-order valence-corrected chi connectivity index (χ2v) is 6.09. The van der Waals surface area contributed by atoms with Gasteiger partial charge in [-0.05, 0) is 47.6 Å². The summed E-state index contributed by atoms with van der Waals surface area (Å²) in [5.74, 6) is 0. The van der Waals surface area contributed by atoms with Crippen LogP contribution in [0, 0.1) is 0 Å². The highest BCUT2D eigenvalue weighted by Gasteiger charge is 2.31. The summed E-state index contributed by atoms with van der Waals surface area (Å²) in [6, 6.07) is 1.10. The van der Waals surface area contributed by atoms with Crippen molar-refractivity contribution in [2.24, 2.45) is 0 Å². The Hall–Kier alpha value is -0.120. The maximum Gasteiger partial charge on any atom is 0.0446 e. The molecule has 3 heteroatoms. The van der Waals surface area contributed by atoms with E-state index < -0.39 is 0 Å². The van der Waals surface area contributed by atoms with Gasteiger partial charge in [-0.15, -0.1) is 0 Å². The van der Waals surface area contributed by atoms with Gasteiger partial charge in [-0.3, -0.25) is 9.80 Å². The lowest BCUT2D eigenvalue weighted by molar-refractivity contribution is 0.100. The minimum atomic E-state index is 0.235. The third-order valence-corrected chi connectivity index (χ3v) is 3.93. The first kappa shape index (κ1) is 13.9. The third kappa shape index (κ3) is 3.44. The van der Waals surface area contributed by atoms with Gasteiger partial charge in [0.2, 0.25) is 0 Å². The summed E-state index contributed by atoms with van der Waals surface area (Å²) >= 11 is 0. The Balaban J connectivity index is 2.73.